The van der Waals surface area contributed by atoms with Gasteiger partial charge in [0.05, 0.1) is 6.42 Å². The molecule has 5 nitrogen and oxygen atoms in total. The van der Waals surface area contributed by atoms with Crippen molar-refractivity contribution in [3.8, 4) is 0 Å². The molecule has 0 aliphatic rings. The minimum absolute atomic E-state index is 0.0906. The van der Waals surface area contributed by atoms with E-state index in [9.17, 15) is 14.0 Å². The molecule has 1 aromatic heterocycles. The molecule has 1 N–H and O–H groups in total. The van der Waals surface area contributed by atoms with Crippen LogP contribution >= 0.6 is 0 Å². The smallest absolute Gasteiger partial charge is 0.310 e. The SMILES string of the molecule is CCN(Cc1cccc(F)c1)C(=O)COC(=O)Cc1c[nH]c2ccccc12. The zero-order chi connectivity index (χ0) is 19.2. The van der Waals surface area contributed by atoms with E-state index in [1.165, 1.54) is 17.0 Å². The minimum atomic E-state index is -0.463. The number of esters is 1. The van der Waals surface area contributed by atoms with Crippen LogP contribution in [0.4, 0.5) is 4.39 Å². The fraction of sp³-hybridized carbons (Fsp3) is 0.238. The number of halogens is 1. The van der Waals surface area contributed by atoms with Crippen LogP contribution in [0.5, 0.6) is 0 Å². The van der Waals surface area contributed by atoms with Crippen LogP contribution in [0.3, 0.4) is 0 Å². The molecule has 0 saturated heterocycles. The Kier molecular flexibility index (Phi) is 5.86. The van der Waals surface area contributed by atoms with Gasteiger partial charge in [0.1, 0.15) is 5.82 Å². The van der Waals surface area contributed by atoms with E-state index in [1.54, 1.807) is 18.3 Å². The average molecular weight is 368 g/mol. The van der Waals surface area contributed by atoms with E-state index in [1.807, 2.05) is 31.2 Å². The molecule has 140 valence electrons. The Morgan fingerprint density at radius 2 is 1.96 bits per heavy atom. The van der Waals surface area contributed by atoms with E-state index in [2.05, 4.69) is 4.98 Å². The van der Waals surface area contributed by atoms with Crippen molar-refractivity contribution in [2.24, 2.45) is 0 Å². The normalized spacial score (nSPS) is 10.7. The predicted molar refractivity (Wildman–Crippen MR) is 100 cm³/mol. The summed E-state index contributed by atoms with van der Waals surface area (Å²) in [5.41, 5.74) is 2.47. The molecule has 0 unspecified atom stereocenters. The van der Waals surface area contributed by atoms with Crippen molar-refractivity contribution in [2.75, 3.05) is 13.2 Å². The monoisotopic (exact) mass is 368 g/mol. The van der Waals surface area contributed by atoms with Crippen LogP contribution < -0.4 is 0 Å². The number of hydrogen-bond donors (Lipinski definition) is 1. The number of rotatable bonds is 7. The van der Waals surface area contributed by atoms with Gasteiger partial charge in [0.2, 0.25) is 0 Å². The van der Waals surface area contributed by atoms with Crippen LogP contribution in [-0.2, 0) is 27.3 Å². The van der Waals surface area contributed by atoms with E-state index in [4.69, 9.17) is 4.74 Å². The maximum Gasteiger partial charge on any atom is 0.310 e. The van der Waals surface area contributed by atoms with Crippen LogP contribution in [0, 0.1) is 5.82 Å². The Labute approximate surface area is 156 Å². The van der Waals surface area contributed by atoms with Crippen molar-refractivity contribution >= 4 is 22.8 Å². The molecule has 3 rings (SSSR count). The number of likely N-dealkylation sites (N-methyl/N-ethyl adjacent to an activating group) is 1. The number of aromatic nitrogens is 1. The molecular formula is C21H21FN2O3. The summed E-state index contributed by atoms with van der Waals surface area (Å²) in [5.74, 6) is -1.12. The molecule has 0 aliphatic carbocycles. The average Bonchev–Trinajstić information content (AvgIpc) is 3.07. The number of H-pyrrole nitrogens is 1. The highest BCUT2D eigenvalue weighted by molar-refractivity contribution is 5.88. The van der Waals surface area contributed by atoms with Crippen molar-refractivity contribution in [1.29, 1.82) is 0 Å². The number of nitrogens with one attached hydrogen (secondary N) is 1. The standard InChI is InChI=1S/C21H21FN2O3/c1-2-24(13-15-6-5-7-17(22)10-15)20(25)14-27-21(26)11-16-12-23-19-9-4-3-8-18(16)19/h3-10,12,23H,2,11,13-14H2,1H3. The molecule has 0 radical (unpaired) electrons. The van der Waals surface area contributed by atoms with Gasteiger partial charge in [0.15, 0.2) is 6.61 Å². The molecule has 0 spiro atoms. The fourth-order valence-electron chi connectivity index (χ4n) is 2.95. The lowest BCUT2D eigenvalue weighted by Gasteiger charge is -2.21. The first kappa shape index (κ1) is 18.6. The molecular weight excluding hydrogens is 347 g/mol. The van der Waals surface area contributed by atoms with Crippen molar-refractivity contribution in [1.82, 2.24) is 9.88 Å². The second-order valence-electron chi connectivity index (χ2n) is 6.23. The van der Waals surface area contributed by atoms with Crippen LogP contribution in [0.1, 0.15) is 18.1 Å². The number of fused-ring (bicyclic) bond motifs is 1. The Morgan fingerprint density at radius 1 is 1.15 bits per heavy atom. The summed E-state index contributed by atoms with van der Waals surface area (Å²) in [6.45, 7) is 2.21. The molecule has 0 saturated carbocycles. The zero-order valence-electron chi connectivity index (χ0n) is 15.1. The summed E-state index contributed by atoms with van der Waals surface area (Å²) in [4.78, 5) is 29.1. The van der Waals surface area contributed by atoms with Crippen LogP contribution in [0.2, 0.25) is 0 Å². The van der Waals surface area contributed by atoms with E-state index >= 15 is 0 Å². The Hall–Kier alpha value is -3.15. The van der Waals surface area contributed by atoms with E-state index < -0.39 is 5.97 Å². The highest BCUT2D eigenvalue weighted by Crippen LogP contribution is 2.18. The van der Waals surface area contributed by atoms with Gasteiger partial charge in [-0.25, -0.2) is 4.39 Å². The predicted octanol–water partition coefficient (Wildman–Crippen LogP) is 3.44. The van der Waals surface area contributed by atoms with Gasteiger partial charge in [-0.05, 0) is 36.2 Å². The second-order valence-corrected chi connectivity index (χ2v) is 6.23. The maximum atomic E-state index is 13.3. The first-order valence-electron chi connectivity index (χ1n) is 8.79. The molecule has 2 aromatic carbocycles. The van der Waals surface area contributed by atoms with Crippen molar-refractivity contribution < 1.29 is 18.7 Å². The lowest BCUT2D eigenvalue weighted by molar-refractivity contribution is -0.151. The summed E-state index contributed by atoms with van der Waals surface area (Å²) < 4.78 is 18.4. The fourth-order valence-corrected chi connectivity index (χ4v) is 2.95. The van der Waals surface area contributed by atoms with Crippen molar-refractivity contribution in [3.63, 3.8) is 0 Å². The molecule has 0 aliphatic heterocycles. The van der Waals surface area contributed by atoms with Crippen molar-refractivity contribution in [2.45, 2.75) is 19.9 Å². The summed E-state index contributed by atoms with van der Waals surface area (Å²) >= 11 is 0. The maximum absolute atomic E-state index is 13.3. The first-order chi connectivity index (χ1) is 13.1. The van der Waals surface area contributed by atoms with Gasteiger partial charge in [0.25, 0.3) is 5.91 Å². The number of carbonyl (C=O) groups is 2. The number of ether oxygens (including phenoxy) is 1. The minimum Gasteiger partial charge on any atom is -0.455 e. The number of para-hydroxylation sites is 1. The first-order valence-corrected chi connectivity index (χ1v) is 8.79. The van der Waals surface area contributed by atoms with Crippen LogP contribution in [-0.4, -0.2) is 34.9 Å². The molecule has 1 amide bonds. The lowest BCUT2D eigenvalue weighted by Crippen LogP contribution is -2.34. The van der Waals surface area contributed by atoms with Gasteiger partial charge < -0.3 is 14.6 Å². The largest absolute Gasteiger partial charge is 0.455 e. The van der Waals surface area contributed by atoms with Gasteiger partial charge in [-0.2, -0.15) is 0 Å². The number of carbonyl (C=O) groups excluding carboxylic acids is 2. The Balaban J connectivity index is 1.54. The Morgan fingerprint density at radius 3 is 2.74 bits per heavy atom. The number of aromatic amines is 1. The summed E-state index contributed by atoms with van der Waals surface area (Å²) in [5, 5.41) is 0.960. The molecule has 0 bridgehead atoms. The molecule has 27 heavy (non-hydrogen) atoms. The molecule has 1 heterocycles. The summed E-state index contributed by atoms with van der Waals surface area (Å²) in [6.07, 6.45) is 1.86. The van der Waals surface area contributed by atoms with E-state index in [-0.39, 0.29) is 31.3 Å². The summed E-state index contributed by atoms with van der Waals surface area (Å²) in [7, 11) is 0. The number of nitrogens with zero attached hydrogens (tertiary/aromatic N) is 1. The number of amides is 1. The van der Waals surface area contributed by atoms with Gasteiger partial charge in [0, 0.05) is 30.2 Å². The molecule has 3 aromatic rings. The third-order valence-electron chi connectivity index (χ3n) is 4.36. The van der Waals surface area contributed by atoms with Crippen LogP contribution in [0.25, 0.3) is 10.9 Å². The second kappa shape index (κ2) is 8.49. The van der Waals surface area contributed by atoms with E-state index in [0.717, 1.165) is 16.5 Å². The number of hydrogen-bond acceptors (Lipinski definition) is 3. The highest BCUT2D eigenvalue weighted by atomic mass is 19.1. The van der Waals surface area contributed by atoms with E-state index in [0.29, 0.717) is 12.1 Å². The van der Waals surface area contributed by atoms with Crippen molar-refractivity contribution in [3.05, 3.63) is 71.7 Å². The summed E-state index contributed by atoms with van der Waals surface area (Å²) in [6, 6.07) is 13.8. The zero-order valence-corrected chi connectivity index (χ0v) is 15.1. The Bertz CT molecular complexity index is 951. The lowest BCUT2D eigenvalue weighted by atomic mass is 10.1. The topological polar surface area (TPSA) is 62.4 Å². The van der Waals surface area contributed by atoms with Gasteiger partial charge in [-0.3, -0.25) is 9.59 Å². The van der Waals surface area contributed by atoms with Gasteiger partial charge in [-0.1, -0.05) is 30.3 Å². The molecule has 0 fully saturated rings. The quantitative estimate of drug-likeness (QED) is 0.650. The van der Waals surface area contributed by atoms with Gasteiger partial charge >= 0.3 is 5.97 Å². The third-order valence-corrected chi connectivity index (χ3v) is 4.36. The molecule has 6 heteroatoms. The number of benzene rings is 2. The van der Waals surface area contributed by atoms with Gasteiger partial charge in [-0.15, -0.1) is 0 Å². The molecule has 0 atom stereocenters. The third kappa shape index (κ3) is 4.73. The highest BCUT2D eigenvalue weighted by Gasteiger charge is 2.16. The van der Waals surface area contributed by atoms with Crippen LogP contribution in [0.15, 0.2) is 54.7 Å².